The smallest absolute Gasteiger partial charge is 0.320 e. The van der Waals surface area contributed by atoms with Gasteiger partial charge in [0.2, 0.25) is 35.5 Å². The average molecular weight is 1810 g/mol. The Morgan fingerprint density at radius 1 is 0.489 bits per heavy atom. The number of methoxy groups -OCH3 is 4. The third kappa shape index (κ3) is 29.5. The minimum absolute atomic E-state index is 0.0597. The van der Waals surface area contributed by atoms with Crippen molar-refractivity contribution in [3.8, 4) is 56.8 Å². The van der Waals surface area contributed by atoms with Crippen LogP contribution in [0, 0.1) is 0 Å². The second kappa shape index (κ2) is 49.2. The largest absolute Gasteiger partial charge is 0.497 e. The number of carbonyl (C=O) groups is 12. The number of urea groups is 2. The van der Waals surface area contributed by atoms with Crippen molar-refractivity contribution in [2.75, 3.05) is 89.7 Å². The SMILES string of the molecule is COc1cc(OC)cc(-c2cc3cnc(NCCCCCC(=O)CCCCCCCCOc4cccc5c4C(=O)N(C4CCC(=O)NC4=O)C5=O)nc3nc2NC(=O)NC(C)(C)C)c1.COc1cc(OC)cc(-c2cc3cnc(NCCCCN)nc3nc2NC(=O)NC(C)(C)C)c1.O=C(O)CCCCCCCCOc1cccc2c1C(=O)N(C1CCC(=O)NC1=O)C2=O.[2H]CF. The number of unbranched alkanes of at least 4 members (excludes halogenated alkanes) is 13. The zero-order chi connectivity index (χ0) is 95.6. The Bertz CT molecular complexity index is 5400. The van der Waals surface area contributed by atoms with E-state index < -0.39 is 89.6 Å². The van der Waals surface area contributed by atoms with Gasteiger partial charge < -0.3 is 60.5 Å². The van der Waals surface area contributed by atoms with Gasteiger partial charge in [0.25, 0.3) is 23.6 Å². The third-order valence-electron chi connectivity index (χ3n) is 21.2. The number of hydrogen-bond acceptors (Lipinski definition) is 27. The molecule has 702 valence electrons. The summed E-state index contributed by atoms with van der Waals surface area (Å²) in [6.45, 7) is 14.1. The first-order chi connectivity index (χ1) is 63.3. The van der Waals surface area contributed by atoms with Crippen LogP contribution in [0.2, 0.25) is 0 Å². The number of nitrogens with one attached hydrogen (secondary N) is 8. The minimum atomic E-state index is -1.02. The lowest BCUT2D eigenvalue weighted by atomic mass is 10.0. The number of hydrogen-bond donors (Lipinski definition) is 10. The normalized spacial score (nSPS) is 14.6. The Morgan fingerprint density at radius 2 is 0.855 bits per heavy atom. The number of anilines is 4. The van der Waals surface area contributed by atoms with E-state index in [1.165, 1.54) is 6.07 Å². The summed E-state index contributed by atoms with van der Waals surface area (Å²) in [6.07, 6.45) is 20.1. The van der Waals surface area contributed by atoms with E-state index in [1.807, 2.05) is 77.9 Å². The van der Waals surface area contributed by atoms with Gasteiger partial charge in [0.05, 0.1) is 72.4 Å². The number of rotatable bonds is 42. The summed E-state index contributed by atoms with van der Waals surface area (Å²) in [4.78, 5) is 178. The van der Waals surface area contributed by atoms with Gasteiger partial charge in [-0.1, -0.05) is 69.9 Å². The number of carboxylic acid groups (broad SMARTS) is 1. The Hall–Kier alpha value is -13.6. The van der Waals surface area contributed by atoms with E-state index in [2.05, 4.69) is 67.5 Å². The summed E-state index contributed by atoms with van der Waals surface area (Å²) in [5.74, 6) is -0.297. The van der Waals surface area contributed by atoms with Gasteiger partial charge in [-0.05, 0) is 184 Å². The number of halogens is 1. The van der Waals surface area contributed by atoms with Gasteiger partial charge in [-0.3, -0.25) is 83.4 Å². The summed E-state index contributed by atoms with van der Waals surface area (Å²) in [5.41, 5.74) is 9.07. The van der Waals surface area contributed by atoms with Crippen LogP contribution in [0.1, 0.15) is 238 Å². The lowest BCUT2D eigenvalue weighted by Gasteiger charge is -2.27. The number of nitrogens with zero attached hydrogens (tertiary/aromatic N) is 8. The monoisotopic (exact) mass is 1810 g/mol. The molecule has 4 aliphatic heterocycles. The van der Waals surface area contributed by atoms with Crippen molar-refractivity contribution >= 4 is 117 Å². The Kier molecular flexibility index (Phi) is 37.4. The second-order valence-corrected chi connectivity index (χ2v) is 33.6. The predicted molar refractivity (Wildman–Crippen MR) is 491 cm³/mol. The second-order valence-electron chi connectivity index (χ2n) is 33.6. The van der Waals surface area contributed by atoms with Crippen molar-refractivity contribution in [3.05, 3.63) is 120 Å². The Labute approximate surface area is 761 Å². The minimum Gasteiger partial charge on any atom is -0.497 e. The number of carbonyl (C=O) groups excluding carboxylic acids is 11. The number of Topliss-reactive ketones (excluding diaryl/α,β-unsaturated/α-hetero) is 1. The summed E-state index contributed by atoms with van der Waals surface area (Å²) in [5, 5.41) is 32.4. The van der Waals surface area contributed by atoms with Crippen LogP contribution in [0.3, 0.4) is 0 Å². The molecule has 4 aliphatic rings. The molecule has 36 nitrogen and oxygen atoms in total. The fourth-order valence-corrected chi connectivity index (χ4v) is 14.8. The van der Waals surface area contributed by atoms with E-state index in [0.29, 0.717) is 138 Å². The van der Waals surface area contributed by atoms with Crippen LogP contribution in [-0.4, -0.2) is 207 Å². The predicted octanol–water partition coefficient (Wildman–Crippen LogP) is 14.0. The number of benzene rings is 4. The molecule has 2 saturated heterocycles. The Balaban J connectivity index is 0.000000241. The van der Waals surface area contributed by atoms with Gasteiger partial charge in [0.1, 0.15) is 64.0 Å². The molecule has 0 saturated carbocycles. The number of ether oxygens (including phenoxy) is 6. The van der Waals surface area contributed by atoms with Crippen LogP contribution in [0.4, 0.5) is 37.5 Å². The quantitative estimate of drug-likeness (QED) is 0.0125. The van der Waals surface area contributed by atoms with E-state index >= 15 is 0 Å². The number of aromatic nitrogens is 6. The molecule has 131 heavy (non-hydrogen) atoms. The van der Waals surface area contributed by atoms with Gasteiger partial charge >= 0.3 is 18.0 Å². The summed E-state index contributed by atoms with van der Waals surface area (Å²) < 4.78 is 49.0. The number of imide groups is 4. The van der Waals surface area contributed by atoms with E-state index in [-0.39, 0.29) is 66.2 Å². The van der Waals surface area contributed by atoms with Gasteiger partial charge in [-0.15, -0.1) is 0 Å². The van der Waals surface area contributed by atoms with Crippen molar-refractivity contribution in [1.82, 2.24) is 61.0 Å². The molecule has 11 N–H and O–H groups in total. The molecule has 4 aromatic carbocycles. The lowest BCUT2D eigenvalue weighted by Crippen LogP contribution is -2.54. The number of pyridine rings is 2. The highest BCUT2D eigenvalue weighted by molar-refractivity contribution is 6.25. The first-order valence-corrected chi connectivity index (χ1v) is 44.0. The molecule has 0 aliphatic carbocycles. The molecule has 2 unspecified atom stereocenters. The maximum atomic E-state index is 13.2. The molecular formula is C94H120FN17O19. The molecule has 0 radical (unpaired) electrons. The maximum Gasteiger partial charge on any atom is 0.320 e. The molecule has 8 heterocycles. The van der Waals surface area contributed by atoms with Gasteiger partial charge in [-0.2, -0.15) is 9.97 Å². The highest BCUT2D eigenvalue weighted by Gasteiger charge is 2.48. The first-order valence-electron chi connectivity index (χ1n) is 44.7. The molecule has 2 atom stereocenters. The fraction of sp³-hybridized carbons (Fsp3) is 0.468. The van der Waals surface area contributed by atoms with Crippen molar-refractivity contribution in [2.24, 2.45) is 5.73 Å². The van der Waals surface area contributed by atoms with E-state index in [1.54, 1.807) is 83.3 Å². The van der Waals surface area contributed by atoms with Crippen molar-refractivity contribution < 1.29 is 96.8 Å². The van der Waals surface area contributed by atoms with Crippen LogP contribution >= 0.6 is 0 Å². The molecular weight excluding hydrogens is 1690 g/mol. The van der Waals surface area contributed by atoms with E-state index in [9.17, 15) is 61.9 Å². The first kappa shape index (κ1) is 99.5. The summed E-state index contributed by atoms with van der Waals surface area (Å²) in [6, 6.07) is 21.5. The number of carboxylic acids is 1. The summed E-state index contributed by atoms with van der Waals surface area (Å²) in [7, 11) is 5.32. The number of fused-ring (bicyclic) bond motifs is 4. The fourth-order valence-electron chi connectivity index (χ4n) is 14.8. The van der Waals surface area contributed by atoms with Crippen LogP contribution in [-0.2, 0) is 28.8 Å². The van der Waals surface area contributed by atoms with Crippen molar-refractivity contribution in [1.29, 1.82) is 0 Å². The maximum absolute atomic E-state index is 13.2. The van der Waals surface area contributed by atoms with E-state index in [4.69, 9.17) is 45.6 Å². The van der Waals surface area contributed by atoms with Gasteiger partial charge in [0, 0.05) is 103 Å². The molecule has 0 spiro atoms. The summed E-state index contributed by atoms with van der Waals surface area (Å²) >= 11 is 0. The standard InChI is InChI=1S/C47H58N8O9.C24H33N7O3.C22H26N2O7.CH3F/c1-47(2,3)54-46(61)53-41-35(29-24-32(62-4)27-33(25-29)63-5)26-30-28-49-45(52-40(30)51-41)48-22-13-10-12-17-31(56)16-11-8-6-7-9-14-23-64-37-19-15-18-34-39(37)44(60)55(43(34)59)36-20-21-38(57)50-42(36)58;1-24(2,3)31-23(32)30-21-19(15-10-17(33-4)13-18(11-15)34-5)12-16-14-27-22(29-20(16)28-21)26-9-7-6-8-25;25-17-12-11-15(20(28)23-17)24-21(29)14-8-7-9-16(19(14)22(24)30)31-13-6-4-2-1-3-5-10-18(26)27;1-2/h15,18-19,24-28,36H,6-14,16-17,20-23H2,1-5H3,(H,50,57,58)(H3,48,49,51,52,53,54,61);10-14H,6-9,25H2,1-5H3,(H3,26,27,28,29,30,31,32);7-9,15H,1-6,10-13H2,(H,26,27)(H,23,25,28);1H3/i;;;1D. The zero-order valence-corrected chi connectivity index (χ0v) is 75.9. The lowest BCUT2D eigenvalue weighted by molar-refractivity contribution is -0.138. The molecule has 12 amide bonds. The number of alkyl halides is 1. The van der Waals surface area contributed by atoms with Gasteiger partial charge in [-0.25, -0.2) is 29.5 Å². The number of amides is 12. The van der Waals surface area contributed by atoms with Crippen LogP contribution < -0.4 is 76.7 Å². The number of piperidine rings is 2. The van der Waals surface area contributed by atoms with Crippen LogP contribution in [0.5, 0.6) is 34.5 Å². The molecule has 12 rings (SSSR count). The van der Waals surface area contributed by atoms with Crippen LogP contribution in [0.25, 0.3) is 44.3 Å². The van der Waals surface area contributed by atoms with Crippen LogP contribution in [0.15, 0.2) is 97.3 Å². The third-order valence-corrected chi connectivity index (χ3v) is 21.2. The van der Waals surface area contributed by atoms with Crippen molar-refractivity contribution in [2.45, 2.75) is 219 Å². The number of aliphatic carboxylic acids is 1. The highest BCUT2D eigenvalue weighted by atomic mass is 19.1. The Morgan fingerprint density at radius 3 is 1.22 bits per heavy atom. The van der Waals surface area contributed by atoms with E-state index in [0.717, 1.165) is 129 Å². The molecule has 8 aromatic rings. The number of ketones is 1. The average Bonchev–Trinajstić information content (AvgIpc) is 1.58. The zero-order valence-electron chi connectivity index (χ0n) is 76.9. The molecule has 4 aromatic heterocycles. The molecule has 37 heteroatoms. The van der Waals surface area contributed by atoms with Crippen molar-refractivity contribution in [3.63, 3.8) is 0 Å². The van der Waals surface area contributed by atoms with Gasteiger partial charge in [0.15, 0.2) is 11.3 Å². The highest BCUT2D eigenvalue weighted by Crippen LogP contribution is 2.40. The molecule has 0 bridgehead atoms. The molecule has 2 fully saturated rings. The topological polar surface area (TPSA) is 487 Å². The number of nitrogens with two attached hydrogens (primary N) is 1.